The maximum atomic E-state index is 5.79. The molecular formula is C13H17N3. The lowest BCUT2D eigenvalue weighted by Gasteiger charge is -2.10. The Kier molecular flexibility index (Phi) is 2.95. The lowest BCUT2D eigenvalue weighted by Crippen LogP contribution is -2.09. The standard InChI is InChI=1S/C13H17N3/c1-9(2)8-16-13-12-7-11(14)4-3-10(12)5-6-15-13/h3-7,9H,8,14H2,1-2H3,(H,15,16). The largest absolute Gasteiger partial charge is 0.399 e. The number of hydrogen-bond donors (Lipinski definition) is 2. The van der Waals surface area contributed by atoms with E-state index in [0.717, 1.165) is 28.8 Å². The summed E-state index contributed by atoms with van der Waals surface area (Å²) < 4.78 is 0. The Balaban J connectivity index is 2.40. The van der Waals surface area contributed by atoms with E-state index in [1.165, 1.54) is 0 Å². The molecule has 0 unspecified atom stereocenters. The van der Waals surface area contributed by atoms with Gasteiger partial charge in [0.05, 0.1) is 0 Å². The molecule has 0 aliphatic heterocycles. The maximum absolute atomic E-state index is 5.79. The predicted molar refractivity (Wildman–Crippen MR) is 69.5 cm³/mol. The van der Waals surface area contributed by atoms with Crippen LogP contribution in [0.1, 0.15) is 13.8 Å². The second-order valence-electron chi connectivity index (χ2n) is 4.41. The molecule has 1 aromatic heterocycles. The molecule has 0 radical (unpaired) electrons. The number of rotatable bonds is 3. The van der Waals surface area contributed by atoms with Gasteiger partial charge in [0.25, 0.3) is 0 Å². The Morgan fingerprint density at radius 2 is 2.12 bits per heavy atom. The van der Waals surface area contributed by atoms with Crippen LogP contribution in [0.2, 0.25) is 0 Å². The van der Waals surface area contributed by atoms with Crippen molar-refractivity contribution in [3.8, 4) is 0 Å². The normalized spacial score (nSPS) is 10.9. The first-order valence-electron chi connectivity index (χ1n) is 5.55. The molecule has 0 atom stereocenters. The molecule has 0 saturated heterocycles. The Bertz CT molecular complexity index is 492. The molecule has 0 bridgehead atoms. The van der Waals surface area contributed by atoms with Crippen molar-refractivity contribution < 1.29 is 0 Å². The van der Waals surface area contributed by atoms with Crippen LogP contribution >= 0.6 is 0 Å². The van der Waals surface area contributed by atoms with E-state index in [-0.39, 0.29) is 0 Å². The van der Waals surface area contributed by atoms with Crippen LogP contribution in [0.5, 0.6) is 0 Å². The van der Waals surface area contributed by atoms with Gasteiger partial charge >= 0.3 is 0 Å². The summed E-state index contributed by atoms with van der Waals surface area (Å²) >= 11 is 0. The molecule has 2 rings (SSSR count). The van der Waals surface area contributed by atoms with E-state index in [4.69, 9.17) is 5.73 Å². The summed E-state index contributed by atoms with van der Waals surface area (Å²) in [7, 11) is 0. The van der Waals surface area contributed by atoms with Crippen LogP contribution in [-0.4, -0.2) is 11.5 Å². The van der Waals surface area contributed by atoms with E-state index in [9.17, 15) is 0 Å². The fourth-order valence-corrected chi connectivity index (χ4v) is 1.63. The van der Waals surface area contributed by atoms with Gasteiger partial charge < -0.3 is 11.1 Å². The van der Waals surface area contributed by atoms with Crippen LogP contribution in [0, 0.1) is 5.92 Å². The van der Waals surface area contributed by atoms with Gasteiger partial charge in [-0.25, -0.2) is 4.98 Å². The summed E-state index contributed by atoms with van der Waals surface area (Å²) in [5, 5.41) is 5.60. The summed E-state index contributed by atoms with van der Waals surface area (Å²) in [5.41, 5.74) is 6.56. The summed E-state index contributed by atoms with van der Waals surface area (Å²) in [5.74, 6) is 1.51. The summed E-state index contributed by atoms with van der Waals surface area (Å²) in [6.07, 6.45) is 1.82. The number of aromatic nitrogens is 1. The summed E-state index contributed by atoms with van der Waals surface area (Å²) in [4.78, 5) is 4.35. The molecule has 3 N–H and O–H groups in total. The van der Waals surface area contributed by atoms with E-state index in [1.54, 1.807) is 0 Å². The number of nitrogens with zero attached hydrogens (tertiary/aromatic N) is 1. The highest BCUT2D eigenvalue weighted by molar-refractivity contribution is 5.93. The first-order valence-corrected chi connectivity index (χ1v) is 5.55. The van der Waals surface area contributed by atoms with Crippen molar-refractivity contribution in [2.75, 3.05) is 17.6 Å². The average Bonchev–Trinajstić information content (AvgIpc) is 2.26. The van der Waals surface area contributed by atoms with Crippen molar-refractivity contribution >= 4 is 22.3 Å². The molecule has 0 fully saturated rings. The zero-order valence-electron chi connectivity index (χ0n) is 9.70. The van der Waals surface area contributed by atoms with E-state index in [1.807, 2.05) is 30.5 Å². The maximum Gasteiger partial charge on any atom is 0.133 e. The fraction of sp³-hybridized carbons (Fsp3) is 0.308. The van der Waals surface area contributed by atoms with Gasteiger partial charge in [0.15, 0.2) is 0 Å². The second kappa shape index (κ2) is 4.39. The molecule has 1 heterocycles. The van der Waals surface area contributed by atoms with Gasteiger partial charge in [-0.3, -0.25) is 0 Å². The molecule has 3 heteroatoms. The van der Waals surface area contributed by atoms with E-state index < -0.39 is 0 Å². The average molecular weight is 215 g/mol. The van der Waals surface area contributed by atoms with Crippen molar-refractivity contribution in [2.24, 2.45) is 5.92 Å². The van der Waals surface area contributed by atoms with Crippen molar-refractivity contribution in [2.45, 2.75) is 13.8 Å². The Morgan fingerprint density at radius 1 is 1.31 bits per heavy atom. The number of benzene rings is 1. The number of fused-ring (bicyclic) bond motifs is 1. The molecule has 0 aliphatic rings. The molecule has 0 amide bonds. The third-order valence-corrected chi connectivity index (χ3v) is 2.47. The minimum absolute atomic E-state index is 0.595. The van der Waals surface area contributed by atoms with Gasteiger partial charge in [-0.15, -0.1) is 0 Å². The van der Waals surface area contributed by atoms with E-state index >= 15 is 0 Å². The Labute approximate surface area is 95.7 Å². The van der Waals surface area contributed by atoms with Crippen molar-refractivity contribution in [3.63, 3.8) is 0 Å². The lowest BCUT2D eigenvalue weighted by molar-refractivity contribution is 0.687. The zero-order valence-corrected chi connectivity index (χ0v) is 9.70. The molecular weight excluding hydrogens is 198 g/mol. The molecule has 2 aromatic rings. The molecule has 0 saturated carbocycles. The van der Waals surface area contributed by atoms with E-state index in [2.05, 4.69) is 24.1 Å². The van der Waals surface area contributed by atoms with Crippen LogP contribution < -0.4 is 11.1 Å². The first kappa shape index (κ1) is 10.7. The monoisotopic (exact) mass is 215 g/mol. The van der Waals surface area contributed by atoms with Gasteiger partial charge in [-0.2, -0.15) is 0 Å². The summed E-state index contributed by atoms with van der Waals surface area (Å²) in [6.45, 7) is 5.26. The fourth-order valence-electron chi connectivity index (χ4n) is 1.63. The number of nitrogens with two attached hydrogens (primary N) is 1. The number of nitrogen functional groups attached to an aromatic ring is 1. The predicted octanol–water partition coefficient (Wildman–Crippen LogP) is 2.88. The molecule has 1 aromatic carbocycles. The number of hydrogen-bond acceptors (Lipinski definition) is 3. The third-order valence-electron chi connectivity index (χ3n) is 2.47. The van der Waals surface area contributed by atoms with Crippen molar-refractivity contribution in [1.82, 2.24) is 4.98 Å². The van der Waals surface area contributed by atoms with Gasteiger partial charge in [0, 0.05) is 23.8 Å². The molecule has 84 valence electrons. The van der Waals surface area contributed by atoms with Crippen LogP contribution in [0.25, 0.3) is 10.8 Å². The smallest absolute Gasteiger partial charge is 0.133 e. The highest BCUT2D eigenvalue weighted by Gasteiger charge is 2.03. The molecule has 0 spiro atoms. The number of nitrogens with one attached hydrogen (secondary N) is 1. The van der Waals surface area contributed by atoms with Gasteiger partial charge in [-0.05, 0) is 29.5 Å². The van der Waals surface area contributed by atoms with Crippen LogP contribution in [0.15, 0.2) is 30.5 Å². The zero-order chi connectivity index (χ0) is 11.5. The topological polar surface area (TPSA) is 50.9 Å². The van der Waals surface area contributed by atoms with E-state index in [0.29, 0.717) is 5.92 Å². The molecule has 0 aliphatic carbocycles. The second-order valence-corrected chi connectivity index (χ2v) is 4.41. The molecule has 3 nitrogen and oxygen atoms in total. The number of anilines is 2. The quantitative estimate of drug-likeness (QED) is 0.774. The molecule has 16 heavy (non-hydrogen) atoms. The first-order chi connectivity index (χ1) is 7.66. The minimum Gasteiger partial charge on any atom is -0.399 e. The van der Waals surface area contributed by atoms with Crippen molar-refractivity contribution in [3.05, 3.63) is 30.5 Å². The third kappa shape index (κ3) is 2.24. The SMILES string of the molecule is CC(C)CNc1nccc2ccc(N)cc12. The highest BCUT2D eigenvalue weighted by atomic mass is 15.0. The Morgan fingerprint density at radius 3 is 2.88 bits per heavy atom. The Hall–Kier alpha value is -1.77. The van der Waals surface area contributed by atoms with Crippen LogP contribution in [0.4, 0.5) is 11.5 Å². The van der Waals surface area contributed by atoms with Gasteiger partial charge in [0.1, 0.15) is 5.82 Å². The lowest BCUT2D eigenvalue weighted by atomic mass is 10.1. The van der Waals surface area contributed by atoms with Crippen molar-refractivity contribution in [1.29, 1.82) is 0 Å². The minimum atomic E-state index is 0.595. The highest BCUT2D eigenvalue weighted by Crippen LogP contribution is 2.23. The summed E-state index contributed by atoms with van der Waals surface area (Å²) in [6, 6.07) is 7.89. The van der Waals surface area contributed by atoms with Crippen LogP contribution in [-0.2, 0) is 0 Å². The van der Waals surface area contributed by atoms with Gasteiger partial charge in [-0.1, -0.05) is 19.9 Å². The van der Waals surface area contributed by atoms with Gasteiger partial charge in [0.2, 0.25) is 0 Å². The number of pyridine rings is 1. The van der Waals surface area contributed by atoms with Crippen LogP contribution in [0.3, 0.4) is 0 Å².